The van der Waals surface area contributed by atoms with Crippen LogP contribution in [-0.4, -0.2) is 45.9 Å². The van der Waals surface area contributed by atoms with Crippen LogP contribution in [0.4, 0.5) is 13.2 Å². The molecule has 224 valence electrons. The third-order valence-corrected chi connectivity index (χ3v) is 7.18. The fraction of sp³-hybridized carbons (Fsp3) is 0.367. The first kappa shape index (κ1) is 31.3. The summed E-state index contributed by atoms with van der Waals surface area (Å²) in [6.45, 7) is 4.40. The number of fused-ring (bicyclic) bond motifs is 1. The summed E-state index contributed by atoms with van der Waals surface area (Å²) in [5.41, 5.74) is 7.95. The van der Waals surface area contributed by atoms with Crippen molar-refractivity contribution in [1.82, 2.24) is 25.2 Å². The van der Waals surface area contributed by atoms with E-state index in [0.29, 0.717) is 54.1 Å². The normalized spacial score (nSPS) is 13.0. The van der Waals surface area contributed by atoms with Crippen molar-refractivity contribution in [2.45, 2.75) is 58.0 Å². The van der Waals surface area contributed by atoms with Gasteiger partial charge in [-0.2, -0.15) is 4.98 Å². The van der Waals surface area contributed by atoms with Crippen LogP contribution >= 0.6 is 11.6 Å². The van der Waals surface area contributed by atoms with Crippen LogP contribution in [0.15, 0.2) is 53.5 Å². The minimum atomic E-state index is -2.64. The van der Waals surface area contributed by atoms with E-state index in [1.165, 1.54) is 4.57 Å². The first-order chi connectivity index (χ1) is 20.0. The Kier molecular flexibility index (Phi) is 10.4. The molecule has 4 aromatic rings. The summed E-state index contributed by atoms with van der Waals surface area (Å²) in [7, 11) is 0. The molecule has 2 atom stereocenters. The van der Waals surface area contributed by atoms with E-state index in [1.54, 1.807) is 55.6 Å². The van der Waals surface area contributed by atoms with Gasteiger partial charge in [0.05, 0.1) is 28.3 Å². The molecule has 0 aliphatic carbocycles. The molecular weight excluding hydrogens is 567 g/mol. The third kappa shape index (κ3) is 7.78. The Labute approximate surface area is 247 Å². The van der Waals surface area contributed by atoms with Crippen molar-refractivity contribution in [2.24, 2.45) is 5.73 Å². The van der Waals surface area contributed by atoms with Gasteiger partial charge in [-0.15, -0.1) is 0 Å². The summed E-state index contributed by atoms with van der Waals surface area (Å²) in [5.74, 6) is -0.252. The molecule has 0 aliphatic rings. The number of H-pyrrole nitrogens is 1. The largest absolute Gasteiger partial charge is 0.374 e. The van der Waals surface area contributed by atoms with Crippen LogP contribution in [-0.2, 0) is 6.42 Å². The van der Waals surface area contributed by atoms with Crippen LogP contribution in [0.1, 0.15) is 50.3 Å². The molecule has 1 unspecified atom stereocenters. The second kappa shape index (κ2) is 14.0. The lowest BCUT2D eigenvalue weighted by Crippen LogP contribution is -2.30. The highest BCUT2D eigenvalue weighted by Gasteiger charge is 2.22. The van der Waals surface area contributed by atoms with E-state index in [1.807, 2.05) is 6.92 Å². The molecule has 2 aromatic carbocycles. The summed E-state index contributed by atoms with van der Waals surface area (Å²) >= 11 is 6.20. The molecule has 0 fully saturated rings. The maximum absolute atomic E-state index is 15.0. The molecule has 8 nitrogen and oxygen atoms in total. The molecule has 12 heteroatoms. The Morgan fingerprint density at radius 3 is 2.57 bits per heavy atom. The highest BCUT2D eigenvalue weighted by molar-refractivity contribution is 6.31. The zero-order valence-electron chi connectivity index (χ0n) is 23.5. The standard InChI is InChI=1S/C30H35ClF3N7O/c1-17(35)5-3-6-19-13-23(26(32)24(31)14-19)25-15-21-16-41(30(42)40-29(21)39-25)22-9-7-20(8-10-22)27(28(33)34)38-12-4-11-37-18(2)36/h7-10,13-17,27-28,38H,3-6,11-12,35H2,1-2H3,(H2,36,37)(H,39,40,42)/t17-,27?/m0/s1. The molecule has 42 heavy (non-hydrogen) atoms. The fourth-order valence-electron chi connectivity index (χ4n) is 4.75. The maximum atomic E-state index is 15.0. The number of hydrogen-bond acceptors (Lipinski definition) is 5. The van der Waals surface area contributed by atoms with Gasteiger partial charge < -0.3 is 21.4 Å². The van der Waals surface area contributed by atoms with Crippen LogP contribution < -0.4 is 22.1 Å². The Balaban J connectivity index is 1.56. The number of alkyl halides is 2. The molecular formula is C30H35ClF3N7O. The van der Waals surface area contributed by atoms with Crippen LogP contribution in [0.3, 0.4) is 0 Å². The fourth-order valence-corrected chi connectivity index (χ4v) is 5.00. The van der Waals surface area contributed by atoms with Gasteiger partial charge in [-0.25, -0.2) is 18.0 Å². The SMILES string of the molecule is CC(=N)NCCCNC(c1ccc(-n2cc3cc(-c4cc(CCC[C@H](C)N)cc(Cl)c4F)[nH]c3nc2=O)cc1)C(F)F. The minimum Gasteiger partial charge on any atom is -0.374 e. The monoisotopic (exact) mass is 601 g/mol. The zero-order valence-corrected chi connectivity index (χ0v) is 24.2. The summed E-state index contributed by atoms with van der Waals surface area (Å²) in [4.78, 5) is 20.0. The van der Waals surface area contributed by atoms with Gasteiger partial charge in [0.15, 0.2) is 5.82 Å². The second-order valence-corrected chi connectivity index (χ2v) is 10.9. The van der Waals surface area contributed by atoms with E-state index in [9.17, 15) is 13.6 Å². The van der Waals surface area contributed by atoms with Crippen molar-refractivity contribution < 1.29 is 13.2 Å². The van der Waals surface area contributed by atoms with Gasteiger partial charge >= 0.3 is 5.69 Å². The van der Waals surface area contributed by atoms with Gasteiger partial charge in [0.2, 0.25) is 0 Å². The van der Waals surface area contributed by atoms with Gasteiger partial charge in [-0.3, -0.25) is 9.98 Å². The lowest BCUT2D eigenvalue weighted by molar-refractivity contribution is 0.0983. The Bertz CT molecular complexity index is 1580. The molecule has 2 heterocycles. The average Bonchev–Trinajstić information content (AvgIpc) is 3.34. The molecule has 6 N–H and O–H groups in total. The number of halogens is 4. The first-order valence-electron chi connectivity index (χ1n) is 13.8. The smallest absolute Gasteiger partial charge is 0.354 e. The number of aromatic amines is 1. The maximum Gasteiger partial charge on any atom is 0.354 e. The zero-order chi connectivity index (χ0) is 30.4. The van der Waals surface area contributed by atoms with E-state index in [0.717, 1.165) is 18.4 Å². The lowest BCUT2D eigenvalue weighted by atomic mass is 10.0. The topological polar surface area (TPSA) is 125 Å². The number of aromatic nitrogens is 3. The van der Waals surface area contributed by atoms with Gasteiger partial charge in [-0.1, -0.05) is 23.7 Å². The Hall–Kier alpha value is -3.67. The minimum absolute atomic E-state index is 0.00398. The number of nitrogens with one attached hydrogen (secondary N) is 4. The highest BCUT2D eigenvalue weighted by Crippen LogP contribution is 2.31. The van der Waals surface area contributed by atoms with Crippen molar-refractivity contribution in [3.63, 3.8) is 0 Å². The Morgan fingerprint density at radius 2 is 1.90 bits per heavy atom. The summed E-state index contributed by atoms with van der Waals surface area (Å²) in [6, 6.07) is 10.2. The molecule has 0 amide bonds. The number of hydrogen-bond donors (Lipinski definition) is 5. The Morgan fingerprint density at radius 1 is 1.17 bits per heavy atom. The molecule has 4 rings (SSSR count). The van der Waals surface area contributed by atoms with E-state index >= 15 is 4.39 Å². The molecule has 0 saturated carbocycles. The van der Waals surface area contributed by atoms with Crippen LogP contribution in [0.2, 0.25) is 5.02 Å². The number of benzene rings is 2. The van der Waals surface area contributed by atoms with Gasteiger partial charge in [0.1, 0.15) is 5.65 Å². The van der Waals surface area contributed by atoms with Crippen LogP contribution in [0.5, 0.6) is 0 Å². The van der Waals surface area contributed by atoms with Crippen molar-refractivity contribution in [2.75, 3.05) is 13.1 Å². The molecule has 0 radical (unpaired) electrons. The van der Waals surface area contributed by atoms with Crippen molar-refractivity contribution in [1.29, 1.82) is 5.41 Å². The average molecular weight is 602 g/mol. The number of amidine groups is 1. The number of rotatable bonds is 13. The van der Waals surface area contributed by atoms with Gasteiger partial charge in [-0.05, 0) is 87.5 Å². The highest BCUT2D eigenvalue weighted by atomic mass is 35.5. The van der Waals surface area contributed by atoms with Crippen molar-refractivity contribution >= 4 is 28.5 Å². The van der Waals surface area contributed by atoms with E-state index < -0.39 is 24.0 Å². The number of aryl methyl sites for hydroxylation is 1. The van der Waals surface area contributed by atoms with Crippen LogP contribution in [0, 0.1) is 11.2 Å². The molecule has 0 bridgehead atoms. The van der Waals surface area contributed by atoms with Gasteiger partial charge in [0, 0.05) is 29.7 Å². The predicted octanol–water partition coefficient (Wildman–Crippen LogP) is 5.72. The summed E-state index contributed by atoms with van der Waals surface area (Å²) < 4.78 is 43.9. The quantitative estimate of drug-likeness (QED) is 0.0762. The number of nitrogens with two attached hydrogens (primary N) is 1. The molecule has 2 aromatic heterocycles. The lowest BCUT2D eigenvalue weighted by Gasteiger charge is -2.19. The predicted molar refractivity (Wildman–Crippen MR) is 161 cm³/mol. The third-order valence-electron chi connectivity index (χ3n) is 6.90. The second-order valence-electron chi connectivity index (χ2n) is 10.5. The number of nitrogens with zero attached hydrogens (tertiary/aromatic N) is 2. The van der Waals surface area contributed by atoms with Crippen molar-refractivity contribution in [3.8, 4) is 16.9 Å². The summed E-state index contributed by atoms with van der Waals surface area (Å²) in [6.07, 6.45) is 1.87. The molecule has 0 aliphatic heterocycles. The molecule has 0 spiro atoms. The van der Waals surface area contributed by atoms with Crippen molar-refractivity contribution in [3.05, 3.63) is 81.1 Å². The van der Waals surface area contributed by atoms with Crippen LogP contribution in [0.25, 0.3) is 28.0 Å². The first-order valence-corrected chi connectivity index (χ1v) is 14.2. The van der Waals surface area contributed by atoms with Gasteiger partial charge in [0.25, 0.3) is 6.43 Å². The summed E-state index contributed by atoms with van der Waals surface area (Å²) in [5, 5.41) is 13.6. The van der Waals surface area contributed by atoms with E-state index in [-0.39, 0.29) is 22.3 Å². The van der Waals surface area contributed by atoms with E-state index in [4.69, 9.17) is 22.7 Å². The van der Waals surface area contributed by atoms with E-state index in [2.05, 4.69) is 20.6 Å². The molecule has 0 saturated heterocycles.